The van der Waals surface area contributed by atoms with E-state index >= 15 is 0 Å². The van der Waals surface area contributed by atoms with Crippen molar-refractivity contribution in [1.29, 1.82) is 5.26 Å². The van der Waals surface area contributed by atoms with Gasteiger partial charge in [-0.15, -0.1) is 11.3 Å². The van der Waals surface area contributed by atoms with Gasteiger partial charge >= 0.3 is 0 Å². The van der Waals surface area contributed by atoms with Crippen molar-refractivity contribution in [1.82, 2.24) is 30.8 Å². The van der Waals surface area contributed by atoms with Crippen LogP contribution in [0.25, 0.3) is 21.6 Å². The number of hydrogen-bond acceptors (Lipinski definition) is 11. The second kappa shape index (κ2) is 21.3. The number of ether oxygens (including phenoxy) is 2. The molecule has 4 amide bonds. The quantitative estimate of drug-likeness (QED) is 0.0655. The molecule has 14 nitrogen and oxygen atoms in total. The molecule has 2 fully saturated rings. The molecule has 0 spiro atoms. The number of nitriles is 1. The molecular formula is C54H63ClN8O6S. The van der Waals surface area contributed by atoms with Crippen molar-refractivity contribution in [2.24, 2.45) is 16.2 Å². The molecule has 5 aromatic rings. The van der Waals surface area contributed by atoms with Gasteiger partial charge in [0.15, 0.2) is 0 Å². The van der Waals surface area contributed by atoms with Crippen molar-refractivity contribution in [3.8, 4) is 33.4 Å². The molecule has 0 bridgehead atoms. The summed E-state index contributed by atoms with van der Waals surface area (Å²) in [5.74, 6) is 0.0862. The normalized spacial score (nSPS) is 18.9. The lowest BCUT2D eigenvalue weighted by molar-refractivity contribution is -0.164. The van der Waals surface area contributed by atoms with E-state index in [4.69, 9.17) is 21.1 Å². The molecule has 1 saturated carbocycles. The van der Waals surface area contributed by atoms with Gasteiger partial charge in [-0.3, -0.25) is 19.2 Å². The molecule has 0 radical (unpaired) electrons. The largest absolute Gasteiger partial charge is 0.489 e. The van der Waals surface area contributed by atoms with Crippen molar-refractivity contribution in [3.63, 3.8) is 0 Å². The van der Waals surface area contributed by atoms with E-state index in [2.05, 4.69) is 65.0 Å². The molecule has 1 saturated heterocycles. The molecule has 368 valence electrons. The summed E-state index contributed by atoms with van der Waals surface area (Å²) in [6.07, 6.45) is 2.76. The van der Waals surface area contributed by atoms with Gasteiger partial charge in [0, 0.05) is 53.4 Å². The Morgan fingerprint density at radius 2 is 1.61 bits per heavy atom. The van der Waals surface area contributed by atoms with Gasteiger partial charge in [-0.2, -0.15) is 5.26 Å². The van der Waals surface area contributed by atoms with Gasteiger partial charge in [-0.05, 0) is 85.2 Å². The smallest absolute Gasteiger partial charge is 0.251 e. The minimum atomic E-state index is -0.865. The van der Waals surface area contributed by atoms with Crippen molar-refractivity contribution < 1.29 is 28.7 Å². The van der Waals surface area contributed by atoms with E-state index in [0.29, 0.717) is 53.6 Å². The van der Waals surface area contributed by atoms with E-state index in [1.807, 2.05) is 88.7 Å². The maximum atomic E-state index is 14.1. The highest BCUT2D eigenvalue weighted by Gasteiger charge is 2.64. The maximum absolute atomic E-state index is 14.1. The summed E-state index contributed by atoms with van der Waals surface area (Å²) in [6, 6.07) is 24.4. The lowest BCUT2D eigenvalue weighted by Gasteiger charge is -2.63. The van der Waals surface area contributed by atoms with Crippen LogP contribution in [0.2, 0.25) is 5.02 Å². The molecule has 1 aliphatic heterocycles. The molecule has 16 heteroatoms. The number of benzene rings is 3. The zero-order chi connectivity index (χ0) is 50.5. The van der Waals surface area contributed by atoms with Crippen LogP contribution in [0.4, 0.5) is 5.82 Å². The van der Waals surface area contributed by atoms with Crippen molar-refractivity contribution >= 4 is 52.4 Å². The minimum absolute atomic E-state index is 0.171. The van der Waals surface area contributed by atoms with Gasteiger partial charge in [-0.25, -0.2) is 9.97 Å². The summed E-state index contributed by atoms with van der Waals surface area (Å²) in [7, 11) is 0. The zero-order valence-electron chi connectivity index (χ0n) is 41.3. The average molecular weight is 988 g/mol. The molecule has 3 heterocycles. The third-order valence-corrected chi connectivity index (χ3v) is 14.8. The first kappa shape index (κ1) is 51.5. The molecule has 3 aromatic carbocycles. The molecule has 1 aliphatic carbocycles. The number of likely N-dealkylation sites (tertiary alicyclic amines) is 1. The Hall–Kier alpha value is -6.34. The fraction of sp³-hybridized carbons (Fsp3) is 0.426. The molecule has 4 N–H and O–H groups in total. The highest BCUT2D eigenvalue weighted by atomic mass is 35.5. The molecule has 2 aliphatic rings. The van der Waals surface area contributed by atoms with Crippen LogP contribution < -0.4 is 26.0 Å². The third-order valence-electron chi connectivity index (χ3n) is 13.5. The van der Waals surface area contributed by atoms with Gasteiger partial charge in [0.1, 0.15) is 42.4 Å². The first-order valence-corrected chi connectivity index (χ1v) is 24.9. The topological polar surface area (TPSA) is 188 Å². The number of anilines is 1. The summed E-state index contributed by atoms with van der Waals surface area (Å²) in [6.45, 7) is 18.6. The van der Waals surface area contributed by atoms with Gasteiger partial charge in [-0.1, -0.05) is 96.5 Å². The van der Waals surface area contributed by atoms with Crippen molar-refractivity contribution in [2.75, 3.05) is 31.6 Å². The highest BCUT2D eigenvalue weighted by Crippen LogP contribution is 2.55. The van der Waals surface area contributed by atoms with Crippen LogP contribution in [-0.2, 0) is 19.1 Å². The van der Waals surface area contributed by atoms with Crippen molar-refractivity contribution in [2.45, 2.75) is 105 Å². The Bertz CT molecular complexity index is 2710. The molecule has 3 atom stereocenters. The van der Waals surface area contributed by atoms with E-state index in [-0.39, 0.29) is 49.1 Å². The highest BCUT2D eigenvalue weighted by molar-refractivity contribution is 7.13. The fourth-order valence-electron chi connectivity index (χ4n) is 9.92. The van der Waals surface area contributed by atoms with Gasteiger partial charge in [0.05, 0.1) is 39.3 Å². The zero-order valence-corrected chi connectivity index (χ0v) is 42.9. The van der Waals surface area contributed by atoms with Crippen molar-refractivity contribution in [3.05, 3.63) is 118 Å². The number of thiazole rings is 1. The standard InChI is InChI=1S/C54H63ClN8O6S/c1-32(34-12-16-36(17-13-34)45-33(2)59-31-70-45)60-48(66)42-11-10-25-63(42)49(67)46(52(3,4)5)61-44(64)30-68-26-24-57-43-23-21-39(29-58-43)35-14-18-37(19-15-35)47(65)62-50-53(6,7)51(54(50,8)9)69-40-22-20-38(28-56)41(55)27-40/h12-23,27,29,31-32,42,46,50-51H,10-11,24-26,30H2,1-9H3,(H,57,58)(H,60,66)(H,61,64)(H,62,65)/t32-,42-,46+,50-,51-/m0/s1. The summed E-state index contributed by atoms with van der Waals surface area (Å²) in [4.78, 5) is 66.0. The van der Waals surface area contributed by atoms with Gasteiger partial charge < -0.3 is 35.6 Å². The number of halogens is 1. The number of aryl methyl sites for hydroxylation is 1. The van der Waals surface area contributed by atoms with E-state index in [0.717, 1.165) is 32.8 Å². The van der Waals surface area contributed by atoms with Crippen LogP contribution in [0.15, 0.2) is 90.6 Å². The molecule has 7 rings (SSSR count). The van der Waals surface area contributed by atoms with E-state index < -0.39 is 34.2 Å². The van der Waals surface area contributed by atoms with Crippen LogP contribution in [0.1, 0.15) is 101 Å². The SMILES string of the molecule is Cc1ncsc1-c1ccc([C@H](C)NC(=O)[C@@H]2CCCN2C(=O)[C@@H](NC(=O)COCCNc2ccc(-c3ccc(C(=O)N[C@H]4C(C)(C)[C@H](Oc5ccc(C#N)c(Cl)c5)C4(C)C)cc3)cn2)C(C)(C)C)cc1. The minimum Gasteiger partial charge on any atom is -0.489 e. The Morgan fingerprint density at radius 1 is 0.929 bits per heavy atom. The number of nitrogens with zero attached hydrogens (tertiary/aromatic N) is 4. The van der Waals surface area contributed by atoms with Crippen LogP contribution in [0.3, 0.4) is 0 Å². The first-order valence-electron chi connectivity index (χ1n) is 23.6. The summed E-state index contributed by atoms with van der Waals surface area (Å²) in [5.41, 5.74) is 6.12. The fourth-order valence-corrected chi connectivity index (χ4v) is 10.9. The second-order valence-electron chi connectivity index (χ2n) is 20.5. The predicted octanol–water partition coefficient (Wildman–Crippen LogP) is 9.15. The first-order chi connectivity index (χ1) is 33.2. The Kier molecular flexibility index (Phi) is 15.7. The lowest BCUT2D eigenvalue weighted by Crippen LogP contribution is -2.74. The number of carbonyl (C=O) groups excluding carboxylic acids is 4. The molecule has 0 unspecified atom stereocenters. The Morgan fingerprint density at radius 3 is 2.23 bits per heavy atom. The van der Waals surface area contributed by atoms with Gasteiger partial charge in [0.25, 0.3) is 5.91 Å². The van der Waals surface area contributed by atoms with E-state index in [1.165, 1.54) is 0 Å². The molecule has 2 aromatic heterocycles. The van der Waals surface area contributed by atoms with E-state index in [9.17, 15) is 24.4 Å². The molecule has 70 heavy (non-hydrogen) atoms. The Labute approximate surface area is 419 Å². The number of hydrogen-bond donors (Lipinski definition) is 4. The summed E-state index contributed by atoms with van der Waals surface area (Å²) in [5, 5.41) is 22.0. The third kappa shape index (κ3) is 11.5. The van der Waals surface area contributed by atoms with Crippen LogP contribution >= 0.6 is 22.9 Å². The number of amides is 4. The van der Waals surface area contributed by atoms with E-state index in [1.54, 1.807) is 52.8 Å². The maximum Gasteiger partial charge on any atom is 0.251 e. The second-order valence-corrected chi connectivity index (χ2v) is 21.7. The summed E-state index contributed by atoms with van der Waals surface area (Å²) < 4.78 is 12.1. The number of nitrogens with one attached hydrogen (secondary N) is 4. The lowest BCUT2D eigenvalue weighted by atomic mass is 9.49. The predicted molar refractivity (Wildman–Crippen MR) is 273 cm³/mol. The number of carbonyl (C=O) groups is 4. The number of pyridine rings is 1. The average Bonchev–Trinajstić information content (AvgIpc) is 4.01. The Balaban J connectivity index is 0.838. The number of rotatable bonds is 17. The monoisotopic (exact) mass is 986 g/mol. The number of aromatic nitrogens is 2. The van der Waals surface area contributed by atoms with Gasteiger partial charge in [0.2, 0.25) is 17.7 Å². The van der Waals surface area contributed by atoms with Crippen LogP contribution in [0.5, 0.6) is 5.75 Å². The van der Waals surface area contributed by atoms with Crippen LogP contribution in [0, 0.1) is 34.5 Å². The summed E-state index contributed by atoms with van der Waals surface area (Å²) >= 11 is 7.84. The van der Waals surface area contributed by atoms with Crippen LogP contribution in [-0.4, -0.2) is 89.0 Å². The molecular weight excluding hydrogens is 924 g/mol.